The maximum absolute atomic E-state index is 11.8. The Hall–Kier alpha value is -3.19. The molecule has 2 N–H and O–H groups in total. The van der Waals surface area contributed by atoms with Crippen molar-refractivity contribution in [1.29, 1.82) is 0 Å². The Balaban J connectivity index is 1.47. The minimum atomic E-state index is -0.443. The van der Waals surface area contributed by atoms with E-state index in [4.69, 9.17) is 0 Å². The molecule has 1 amide bonds. The van der Waals surface area contributed by atoms with Gasteiger partial charge in [0, 0.05) is 41.2 Å². The Labute approximate surface area is 154 Å². The largest absolute Gasteiger partial charge is 0.383 e. The summed E-state index contributed by atoms with van der Waals surface area (Å²) in [6.07, 6.45) is 2.96. The van der Waals surface area contributed by atoms with Crippen molar-refractivity contribution in [3.05, 3.63) is 75.7 Å². The molecular formula is C19H17N3O3S. The van der Waals surface area contributed by atoms with Gasteiger partial charge in [-0.25, -0.2) is 0 Å². The number of nitro groups is 1. The molecule has 0 unspecified atom stereocenters. The fraction of sp³-hybridized carbons (Fsp3) is 0.105. The number of nitrogens with one attached hydrogen (secondary N) is 2. The minimum Gasteiger partial charge on any atom is -0.383 e. The van der Waals surface area contributed by atoms with Gasteiger partial charge in [-0.1, -0.05) is 47.7 Å². The molecule has 3 aromatic rings. The number of nitrogens with zero attached hydrogens (tertiary/aromatic N) is 1. The van der Waals surface area contributed by atoms with Crippen LogP contribution >= 0.6 is 11.3 Å². The molecule has 132 valence electrons. The van der Waals surface area contributed by atoms with E-state index in [2.05, 4.69) is 28.8 Å². The number of carbonyl (C=O) groups is 1. The normalized spacial score (nSPS) is 10.9. The van der Waals surface area contributed by atoms with Gasteiger partial charge in [0.15, 0.2) is 0 Å². The van der Waals surface area contributed by atoms with E-state index in [0.717, 1.165) is 27.8 Å². The molecule has 6 nitrogen and oxygen atoms in total. The second kappa shape index (κ2) is 8.26. The van der Waals surface area contributed by atoms with Gasteiger partial charge in [-0.15, -0.1) is 0 Å². The van der Waals surface area contributed by atoms with Crippen LogP contribution in [0, 0.1) is 10.1 Å². The van der Waals surface area contributed by atoms with E-state index in [1.54, 1.807) is 12.1 Å². The number of anilines is 1. The zero-order valence-corrected chi connectivity index (χ0v) is 14.7. The summed E-state index contributed by atoms with van der Waals surface area (Å²) in [5.74, 6) is -0.235. The summed E-state index contributed by atoms with van der Waals surface area (Å²) in [6.45, 7) is 1.06. The van der Waals surface area contributed by atoms with Gasteiger partial charge in [-0.2, -0.15) is 0 Å². The molecule has 0 aliphatic heterocycles. The Morgan fingerprint density at radius 1 is 1.08 bits per heavy atom. The third-order valence-corrected chi connectivity index (χ3v) is 4.72. The van der Waals surface area contributed by atoms with Crippen molar-refractivity contribution in [2.75, 3.05) is 18.4 Å². The second-order valence-corrected chi connectivity index (χ2v) is 6.60. The van der Waals surface area contributed by atoms with Crippen LogP contribution in [-0.4, -0.2) is 23.9 Å². The SMILES string of the molecule is O=C(/C=C/c1ccc([N+](=O)[O-])s1)NCCNc1cccc2ccccc12. The van der Waals surface area contributed by atoms with Crippen LogP contribution < -0.4 is 10.6 Å². The summed E-state index contributed by atoms with van der Waals surface area (Å²) in [5, 5.41) is 19.1. The van der Waals surface area contributed by atoms with E-state index in [1.165, 1.54) is 12.1 Å². The number of amides is 1. The molecule has 0 saturated carbocycles. The predicted octanol–water partition coefficient (Wildman–Crippen LogP) is 4.05. The number of carbonyl (C=O) groups excluding carboxylic acids is 1. The zero-order chi connectivity index (χ0) is 18.4. The maximum Gasteiger partial charge on any atom is 0.324 e. The molecule has 1 aromatic heterocycles. The fourth-order valence-corrected chi connectivity index (χ4v) is 3.23. The Kier molecular flexibility index (Phi) is 5.60. The van der Waals surface area contributed by atoms with Gasteiger partial charge in [0.05, 0.1) is 4.92 Å². The quantitative estimate of drug-likeness (QED) is 0.286. The van der Waals surface area contributed by atoms with Gasteiger partial charge in [0.25, 0.3) is 0 Å². The molecule has 0 atom stereocenters. The van der Waals surface area contributed by atoms with Crippen molar-refractivity contribution in [2.24, 2.45) is 0 Å². The first-order chi connectivity index (χ1) is 12.6. The Morgan fingerprint density at radius 3 is 2.69 bits per heavy atom. The topological polar surface area (TPSA) is 84.3 Å². The third-order valence-electron chi connectivity index (χ3n) is 3.72. The van der Waals surface area contributed by atoms with E-state index in [-0.39, 0.29) is 10.9 Å². The van der Waals surface area contributed by atoms with Crippen LogP contribution in [0.4, 0.5) is 10.7 Å². The Morgan fingerprint density at radius 2 is 1.88 bits per heavy atom. The van der Waals surface area contributed by atoms with E-state index < -0.39 is 4.92 Å². The maximum atomic E-state index is 11.8. The molecule has 1 heterocycles. The summed E-state index contributed by atoms with van der Waals surface area (Å²) >= 11 is 1.03. The number of rotatable bonds is 7. The molecule has 2 aromatic carbocycles. The second-order valence-electron chi connectivity index (χ2n) is 5.51. The first kappa shape index (κ1) is 17.6. The van der Waals surface area contributed by atoms with Gasteiger partial charge in [0.1, 0.15) is 0 Å². The molecule has 0 aliphatic rings. The lowest BCUT2D eigenvalue weighted by Crippen LogP contribution is -2.27. The number of hydrogen-bond acceptors (Lipinski definition) is 5. The molecule has 0 fully saturated rings. The molecule has 7 heteroatoms. The summed E-state index contributed by atoms with van der Waals surface area (Å²) in [5.41, 5.74) is 1.03. The van der Waals surface area contributed by atoms with Crippen molar-refractivity contribution in [1.82, 2.24) is 5.32 Å². The van der Waals surface area contributed by atoms with Crippen LogP contribution in [0.5, 0.6) is 0 Å². The lowest BCUT2D eigenvalue weighted by molar-refractivity contribution is -0.380. The van der Waals surface area contributed by atoms with Crippen LogP contribution in [0.1, 0.15) is 4.88 Å². The van der Waals surface area contributed by atoms with Gasteiger partial charge < -0.3 is 10.6 Å². The van der Waals surface area contributed by atoms with Crippen molar-refractivity contribution in [3.8, 4) is 0 Å². The van der Waals surface area contributed by atoms with Gasteiger partial charge in [-0.05, 0) is 23.6 Å². The van der Waals surface area contributed by atoms with Crippen LogP contribution in [-0.2, 0) is 4.79 Å². The van der Waals surface area contributed by atoms with Gasteiger partial charge in [-0.3, -0.25) is 14.9 Å². The zero-order valence-electron chi connectivity index (χ0n) is 13.8. The van der Waals surface area contributed by atoms with Crippen LogP contribution in [0.15, 0.2) is 60.7 Å². The number of hydrogen-bond donors (Lipinski definition) is 2. The average Bonchev–Trinajstić information content (AvgIpc) is 3.13. The van der Waals surface area contributed by atoms with Crippen LogP contribution in [0.25, 0.3) is 16.8 Å². The first-order valence-corrected chi connectivity index (χ1v) is 8.87. The van der Waals surface area contributed by atoms with E-state index >= 15 is 0 Å². The van der Waals surface area contributed by atoms with Crippen LogP contribution in [0.2, 0.25) is 0 Å². The summed E-state index contributed by atoms with van der Waals surface area (Å²) in [4.78, 5) is 22.7. The minimum absolute atomic E-state index is 0.0596. The van der Waals surface area contributed by atoms with Crippen molar-refractivity contribution >= 4 is 44.8 Å². The molecule has 0 spiro atoms. The van der Waals surface area contributed by atoms with E-state index in [1.807, 2.05) is 24.3 Å². The standard InChI is InChI=1S/C19H17N3O3S/c23-18(10-8-15-9-11-19(26-15)22(24)25)21-13-12-20-17-7-3-5-14-4-1-2-6-16(14)17/h1-11,20H,12-13H2,(H,21,23)/b10-8+. The molecule has 0 radical (unpaired) electrons. The molecule has 0 aliphatic carbocycles. The van der Waals surface area contributed by atoms with Crippen LogP contribution in [0.3, 0.4) is 0 Å². The highest BCUT2D eigenvalue weighted by Crippen LogP contribution is 2.25. The highest BCUT2D eigenvalue weighted by Gasteiger charge is 2.07. The van der Waals surface area contributed by atoms with E-state index in [0.29, 0.717) is 18.0 Å². The Bertz CT molecular complexity index is 960. The number of fused-ring (bicyclic) bond motifs is 1. The number of thiophene rings is 1. The highest BCUT2D eigenvalue weighted by atomic mass is 32.1. The summed E-state index contributed by atoms with van der Waals surface area (Å²) < 4.78 is 0. The fourth-order valence-electron chi connectivity index (χ4n) is 2.51. The van der Waals surface area contributed by atoms with Crippen molar-refractivity contribution in [3.63, 3.8) is 0 Å². The lowest BCUT2D eigenvalue weighted by atomic mass is 10.1. The smallest absolute Gasteiger partial charge is 0.324 e. The third kappa shape index (κ3) is 4.46. The summed E-state index contributed by atoms with van der Waals surface area (Å²) in [6, 6.07) is 17.2. The van der Waals surface area contributed by atoms with Gasteiger partial charge in [0.2, 0.25) is 5.91 Å². The molecule has 0 saturated heterocycles. The number of benzene rings is 2. The summed E-state index contributed by atoms with van der Waals surface area (Å²) in [7, 11) is 0. The molecule has 26 heavy (non-hydrogen) atoms. The molecule has 3 rings (SSSR count). The molecule has 0 bridgehead atoms. The lowest BCUT2D eigenvalue weighted by Gasteiger charge is -2.10. The monoisotopic (exact) mass is 367 g/mol. The van der Waals surface area contributed by atoms with Crippen molar-refractivity contribution < 1.29 is 9.72 Å². The first-order valence-electron chi connectivity index (χ1n) is 8.05. The average molecular weight is 367 g/mol. The van der Waals surface area contributed by atoms with E-state index in [9.17, 15) is 14.9 Å². The molecular weight excluding hydrogens is 350 g/mol. The highest BCUT2D eigenvalue weighted by molar-refractivity contribution is 7.16. The van der Waals surface area contributed by atoms with Crippen molar-refractivity contribution in [2.45, 2.75) is 0 Å². The van der Waals surface area contributed by atoms with Gasteiger partial charge >= 0.3 is 5.00 Å². The predicted molar refractivity (Wildman–Crippen MR) is 105 cm³/mol.